The molecule has 1 saturated carbocycles. The lowest BCUT2D eigenvalue weighted by Crippen LogP contribution is -2.49. The Kier molecular flexibility index (Phi) is 7.22. The molecule has 224 valence electrons. The van der Waals surface area contributed by atoms with Crippen molar-refractivity contribution in [2.24, 2.45) is 29.1 Å². The van der Waals surface area contributed by atoms with Crippen LogP contribution in [0, 0.1) is 36.0 Å². The number of carbonyl (C=O) groups is 5. The normalized spacial score (nSPS) is 29.8. The Balaban J connectivity index is 1.39. The SMILES string of the molecule is Cc1cccc([C@H]2C3=CC[C@@H]4C(=O)N(CCCCCC(=O)O)C(=O)[C@@H]4[C@@H]3C[C@H]3C(=O)N(c4ccccc4)C(=O)[C@@]23C)c1O. The van der Waals surface area contributed by atoms with Crippen LogP contribution in [0.25, 0.3) is 0 Å². The van der Waals surface area contributed by atoms with Crippen LogP contribution in [0.4, 0.5) is 5.69 Å². The van der Waals surface area contributed by atoms with Crippen LogP contribution >= 0.6 is 0 Å². The summed E-state index contributed by atoms with van der Waals surface area (Å²) in [5.74, 6) is -5.02. The fourth-order valence-corrected chi connectivity index (χ4v) is 8.11. The van der Waals surface area contributed by atoms with Crippen molar-refractivity contribution in [3.63, 3.8) is 0 Å². The average molecular weight is 585 g/mol. The number of anilines is 1. The summed E-state index contributed by atoms with van der Waals surface area (Å²) >= 11 is 0. The van der Waals surface area contributed by atoms with Crippen LogP contribution in [-0.4, -0.2) is 51.3 Å². The van der Waals surface area contributed by atoms with Crippen LogP contribution in [0.1, 0.15) is 62.5 Å². The van der Waals surface area contributed by atoms with Gasteiger partial charge in [0, 0.05) is 24.4 Å². The summed E-state index contributed by atoms with van der Waals surface area (Å²) in [6.45, 7) is 3.83. The molecule has 2 heterocycles. The van der Waals surface area contributed by atoms with Gasteiger partial charge in [-0.25, -0.2) is 4.90 Å². The van der Waals surface area contributed by atoms with Crippen molar-refractivity contribution in [2.75, 3.05) is 11.4 Å². The number of aromatic hydroxyl groups is 1. The molecular formula is C34H36N2O7. The summed E-state index contributed by atoms with van der Waals surface area (Å²) in [6, 6.07) is 14.2. The number of aryl methyl sites for hydroxylation is 1. The Morgan fingerprint density at radius 3 is 2.40 bits per heavy atom. The van der Waals surface area contributed by atoms with Crippen LogP contribution in [0.3, 0.4) is 0 Å². The van der Waals surface area contributed by atoms with E-state index < -0.39 is 41.0 Å². The lowest BCUT2D eigenvalue weighted by molar-refractivity contribution is -0.141. The number of imide groups is 2. The zero-order valence-electron chi connectivity index (χ0n) is 24.4. The molecule has 2 N–H and O–H groups in total. The largest absolute Gasteiger partial charge is 0.507 e. The number of nitrogens with zero attached hydrogens (tertiary/aromatic N) is 2. The van der Waals surface area contributed by atoms with Gasteiger partial charge >= 0.3 is 5.97 Å². The van der Waals surface area contributed by atoms with E-state index in [0.717, 1.165) is 5.57 Å². The minimum absolute atomic E-state index is 0.0442. The van der Waals surface area contributed by atoms with Crippen LogP contribution in [0.15, 0.2) is 60.2 Å². The van der Waals surface area contributed by atoms with Gasteiger partial charge in [-0.05, 0) is 63.1 Å². The average Bonchev–Trinajstić information content (AvgIpc) is 3.34. The molecule has 4 aliphatic rings. The monoisotopic (exact) mass is 584 g/mol. The molecule has 2 aromatic carbocycles. The van der Waals surface area contributed by atoms with Crippen molar-refractivity contribution in [2.45, 2.75) is 58.3 Å². The van der Waals surface area contributed by atoms with Crippen LogP contribution in [-0.2, 0) is 24.0 Å². The standard InChI is InChI=1S/C34H36N2O7/c1-19-10-9-13-23(29(19)39)28-21-15-16-22-27(32(42)35(30(22)40)17-8-4-7-14-26(37)38)24(21)18-25-31(41)36(33(43)34(25,28)2)20-11-5-3-6-12-20/h3,5-6,9-13,15,22,24-25,27-28,39H,4,7-8,14,16-18H2,1-2H3,(H,37,38)/t22-,24+,25-,27-,28+,34+/m0/s1. The Labute approximate surface area is 250 Å². The molecule has 0 spiro atoms. The van der Waals surface area contributed by atoms with Gasteiger partial charge in [0.25, 0.3) is 0 Å². The Bertz CT molecular complexity index is 1550. The lowest BCUT2D eigenvalue weighted by Gasteiger charge is -2.49. The van der Waals surface area contributed by atoms with E-state index in [1.54, 1.807) is 43.3 Å². The van der Waals surface area contributed by atoms with Crippen LogP contribution in [0.5, 0.6) is 5.75 Å². The number of hydrogen-bond acceptors (Lipinski definition) is 6. The summed E-state index contributed by atoms with van der Waals surface area (Å²) in [5.41, 5.74) is 1.30. The highest BCUT2D eigenvalue weighted by atomic mass is 16.4. The molecule has 0 aromatic heterocycles. The second-order valence-electron chi connectivity index (χ2n) is 12.5. The topological polar surface area (TPSA) is 132 Å². The third-order valence-corrected chi connectivity index (χ3v) is 10.2. The Morgan fingerprint density at radius 1 is 0.930 bits per heavy atom. The number of allylic oxidation sites excluding steroid dienone is 2. The number of fused-ring (bicyclic) bond motifs is 4. The quantitative estimate of drug-likeness (QED) is 0.264. The molecular weight excluding hydrogens is 548 g/mol. The second-order valence-corrected chi connectivity index (χ2v) is 12.5. The molecule has 3 fully saturated rings. The van der Waals surface area contributed by atoms with E-state index in [-0.39, 0.29) is 48.8 Å². The third kappa shape index (κ3) is 4.39. The van der Waals surface area contributed by atoms with Crippen molar-refractivity contribution in [3.05, 3.63) is 71.3 Å². The number of rotatable bonds is 8. The predicted octanol–water partition coefficient (Wildman–Crippen LogP) is 4.58. The van der Waals surface area contributed by atoms with E-state index >= 15 is 0 Å². The van der Waals surface area contributed by atoms with Crippen LogP contribution in [0.2, 0.25) is 0 Å². The number of benzene rings is 2. The van der Waals surface area contributed by atoms with Gasteiger partial charge in [-0.3, -0.25) is 28.9 Å². The molecule has 2 aliphatic heterocycles. The molecule has 0 unspecified atom stereocenters. The van der Waals surface area contributed by atoms with E-state index in [9.17, 15) is 29.1 Å². The molecule has 2 aliphatic carbocycles. The molecule has 2 saturated heterocycles. The number of hydrogen-bond donors (Lipinski definition) is 2. The number of unbranched alkanes of at least 4 members (excludes halogenated alkanes) is 2. The summed E-state index contributed by atoms with van der Waals surface area (Å²) < 4.78 is 0. The van der Waals surface area contributed by atoms with Gasteiger partial charge in [-0.1, -0.05) is 54.5 Å². The first-order valence-corrected chi connectivity index (χ1v) is 15.1. The smallest absolute Gasteiger partial charge is 0.303 e. The van der Waals surface area contributed by atoms with Gasteiger partial charge in [0.15, 0.2) is 0 Å². The number of amides is 4. The number of phenolic OH excluding ortho intramolecular Hbond substituents is 1. The number of carboxylic acid groups (broad SMARTS) is 1. The summed E-state index contributed by atoms with van der Waals surface area (Å²) in [5, 5.41) is 20.2. The van der Waals surface area contributed by atoms with Gasteiger partial charge in [0.1, 0.15) is 5.75 Å². The Morgan fingerprint density at radius 2 is 1.67 bits per heavy atom. The summed E-state index contributed by atoms with van der Waals surface area (Å²) in [7, 11) is 0. The molecule has 6 rings (SSSR count). The summed E-state index contributed by atoms with van der Waals surface area (Å²) in [4.78, 5) is 69.3. The lowest BCUT2D eigenvalue weighted by atomic mass is 9.51. The number of para-hydroxylation sites is 2. The van der Waals surface area contributed by atoms with Gasteiger partial charge < -0.3 is 10.2 Å². The van der Waals surface area contributed by atoms with E-state index in [4.69, 9.17) is 5.11 Å². The van der Waals surface area contributed by atoms with Crippen molar-refractivity contribution in [1.29, 1.82) is 0 Å². The van der Waals surface area contributed by atoms with Crippen molar-refractivity contribution in [3.8, 4) is 5.75 Å². The number of carboxylic acids is 1. The summed E-state index contributed by atoms with van der Waals surface area (Å²) in [6.07, 6.45) is 4.20. The first-order chi connectivity index (χ1) is 20.6. The van der Waals surface area contributed by atoms with E-state index in [2.05, 4.69) is 0 Å². The van der Waals surface area contributed by atoms with Gasteiger partial charge in [0.05, 0.1) is 28.9 Å². The first kappa shape index (κ1) is 28.8. The van der Waals surface area contributed by atoms with E-state index in [1.165, 1.54) is 9.80 Å². The molecule has 43 heavy (non-hydrogen) atoms. The third-order valence-electron chi connectivity index (χ3n) is 10.2. The van der Waals surface area contributed by atoms with Gasteiger partial charge in [-0.2, -0.15) is 0 Å². The fraction of sp³-hybridized carbons (Fsp3) is 0.441. The number of aliphatic carboxylic acids is 1. The fourth-order valence-electron chi connectivity index (χ4n) is 8.11. The molecule has 6 atom stereocenters. The maximum Gasteiger partial charge on any atom is 0.303 e. The number of carbonyl (C=O) groups excluding carboxylic acids is 4. The molecule has 9 nitrogen and oxygen atoms in total. The zero-order chi connectivity index (χ0) is 30.6. The zero-order valence-corrected chi connectivity index (χ0v) is 24.4. The number of likely N-dealkylation sites (tertiary alicyclic amines) is 1. The molecule has 2 aromatic rings. The van der Waals surface area contributed by atoms with Crippen molar-refractivity contribution < 1.29 is 34.2 Å². The Hall–Kier alpha value is -4.27. The second kappa shape index (κ2) is 10.8. The number of phenols is 1. The highest BCUT2D eigenvalue weighted by Gasteiger charge is 2.67. The maximum atomic E-state index is 14.4. The van der Waals surface area contributed by atoms with Crippen molar-refractivity contribution >= 4 is 35.3 Å². The molecule has 0 bridgehead atoms. The van der Waals surface area contributed by atoms with Crippen LogP contribution < -0.4 is 4.90 Å². The first-order valence-electron chi connectivity index (χ1n) is 15.1. The minimum Gasteiger partial charge on any atom is -0.507 e. The highest BCUT2D eigenvalue weighted by molar-refractivity contribution is 6.24. The highest BCUT2D eigenvalue weighted by Crippen LogP contribution is 2.64. The minimum atomic E-state index is -1.21. The van der Waals surface area contributed by atoms with Gasteiger partial charge in [0.2, 0.25) is 23.6 Å². The van der Waals surface area contributed by atoms with Crippen molar-refractivity contribution in [1.82, 2.24) is 4.90 Å². The van der Waals surface area contributed by atoms with E-state index in [0.29, 0.717) is 42.5 Å². The van der Waals surface area contributed by atoms with E-state index in [1.807, 2.05) is 25.1 Å². The molecule has 9 heteroatoms. The predicted molar refractivity (Wildman–Crippen MR) is 157 cm³/mol. The molecule has 0 radical (unpaired) electrons. The van der Waals surface area contributed by atoms with Gasteiger partial charge in [-0.15, -0.1) is 0 Å². The maximum absolute atomic E-state index is 14.4. The molecule has 4 amide bonds.